The zero-order chi connectivity index (χ0) is 11.2. The molecule has 2 rings (SSSR count). The van der Waals surface area contributed by atoms with Crippen molar-refractivity contribution in [3.63, 3.8) is 0 Å². The van der Waals surface area contributed by atoms with Crippen molar-refractivity contribution in [3.8, 4) is 0 Å². The van der Waals surface area contributed by atoms with E-state index < -0.39 is 0 Å². The first kappa shape index (κ1) is 10.3. The lowest BCUT2D eigenvalue weighted by atomic mass is 10.1. The molecule has 2 aromatic rings. The maximum Gasteiger partial charge on any atom is 0.185 e. The van der Waals surface area contributed by atoms with Crippen LogP contribution in [0.3, 0.4) is 0 Å². The van der Waals surface area contributed by atoms with Crippen LogP contribution in [0, 0.1) is 0 Å². The molecular weight excluding hydrogens is 198 g/mol. The van der Waals surface area contributed by atoms with E-state index in [1.807, 2.05) is 36.4 Å². The molecule has 0 unspecified atom stereocenters. The first-order chi connectivity index (χ1) is 7.86. The van der Waals surface area contributed by atoms with E-state index in [0.29, 0.717) is 5.56 Å². The summed E-state index contributed by atoms with van der Waals surface area (Å²) in [5, 5.41) is 0. The number of carbonyl (C=O) groups excluding carboxylic acids is 1. The van der Waals surface area contributed by atoms with Crippen LogP contribution >= 0.6 is 0 Å². The fourth-order valence-electron chi connectivity index (χ4n) is 1.35. The number of allylic oxidation sites excluding steroid dienone is 1. The lowest BCUT2D eigenvalue weighted by molar-refractivity contribution is 0.104. The molecule has 1 aromatic heterocycles. The highest BCUT2D eigenvalue weighted by Crippen LogP contribution is 2.04. The number of aromatic nitrogens is 1. The second-order valence-corrected chi connectivity index (χ2v) is 3.34. The molecule has 16 heavy (non-hydrogen) atoms. The summed E-state index contributed by atoms with van der Waals surface area (Å²) in [4.78, 5) is 15.6. The van der Waals surface area contributed by atoms with Gasteiger partial charge < -0.3 is 0 Å². The van der Waals surface area contributed by atoms with E-state index in [1.54, 1.807) is 30.6 Å². The number of pyridine rings is 1. The first-order valence-electron chi connectivity index (χ1n) is 5.04. The molecule has 2 heteroatoms. The Hall–Kier alpha value is -2.22. The van der Waals surface area contributed by atoms with Crippen molar-refractivity contribution in [2.75, 3.05) is 0 Å². The maximum atomic E-state index is 11.7. The van der Waals surface area contributed by atoms with Gasteiger partial charge in [0.05, 0.1) is 0 Å². The summed E-state index contributed by atoms with van der Waals surface area (Å²) in [5.74, 6) is -0.00810. The number of nitrogens with zero attached hydrogens (tertiary/aromatic N) is 1. The molecule has 0 saturated carbocycles. The monoisotopic (exact) mass is 209 g/mol. The summed E-state index contributed by atoms with van der Waals surface area (Å²) in [6.45, 7) is 0. The first-order valence-corrected chi connectivity index (χ1v) is 5.04. The molecular formula is C14H11NO. The molecule has 0 aliphatic rings. The molecule has 78 valence electrons. The van der Waals surface area contributed by atoms with Crippen LogP contribution in [0.15, 0.2) is 60.9 Å². The smallest absolute Gasteiger partial charge is 0.185 e. The lowest BCUT2D eigenvalue weighted by Crippen LogP contribution is -1.93. The summed E-state index contributed by atoms with van der Waals surface area (Å²) < 4.78 is 0. The summed E-state index contributed by atoms with van der Waals surface area (Å²) >= 11 is 0. The van der Waals surface area contributed by atoms with Crippen molar-refractivity contribution >= 4 is 11.9 Å². The van der Waals surface area contributed by atoms with Gasteiger partial charge in [-0.25, -0.2) is 0 Å². The van der Waals surface area contributed by atoms with Crippen LogP contribution in [0.1, 0.15) is 15.9 Å². The Morgan fingerprint density at radius 1 is 1.00 bits per heavy atom. The minimum absolute atomic E-state index is 0.00810. The highest BCUT2D eigenvalue weighted by molar-refractivity contribution is 6.06. The largest absolute Gasteiger partial charge is 0.289 e. The van der Waals surface area contributed by atoms with E-state index in [4.69, 9.17) is 0 Å². The second kappa shape index (κ2) is 5.03. The molecule has 2 nitrogen and oxygen atoms in total. The molecule has 0 aliphatic carbocycles. The van der Waals surface area contributed by atoms with Crippen molar-refractivity contribution in [2.45, 2.75) is 0 Å². The van der Waals surface area contributed by atoms with Gasteiger partial charge in [0.1, 0.15) is 0 Å². The topological polar surface area (TPSA) is 30.0 Å². The number of benzene rings is 1. The Morgan fingerprint density at radius 2 is 1.69 bits per heavy atom. The van der Waals surface area contributed by atoms with Crippen LogP contribution in [0.5, 0.6) is 0 Å². The van der Waals surface area contributed by atoms with E-state index in [9.17, 15) is 4.79 Å². The van der Waals surface area contributed by atoms with E-state index >= 15 is 0 Å². The predicted molar refractivity (Wildman–Crippen MR) is 64.0 cm³/mol. The van der Waals surface area contributed by atoms with Gasteiger partial charge in [0.15, 0.2) is 5.78 Å². The number of ketones is 1. The van der Waals surface area contributed by atoms with Gasteiger partial charge in [-0.1, -0.05) is 36.4 Å². The SMILES string of the molecule is O=C(/C=C/c1ccccc1)c1ccncc1. The molecule has 1 aromatic carbocycles. The van der Waals surface area contributed by atoms with Gasteiger partial charge >= 0.3 is 0 Å². The molecule has 0 bridgehead atoms. The number of hydrogen-bond acceptors (Lipinski definition) is 2. The molecule has 0 saturated heterocycles. The van der Waals surface area contributed by atoms with Crippen molar-refractivity contribution in [1.82, 2.24) is 4.98 Å². The Labute approximate surface area is 94.3 Å². The van der Waals surface area contributed by atoms with Gasteiger partial charge in [-0.15, -0.1) is 0 Å². The van der Waals surface area contributed by atoms with Crippen molar-refractivity contribution in [3.05, 3.63) is 72.1 Å². The standard InChI is InChI=1S/C14H11NO/c16-14(13-8-10-15-11-9-13)7-6-12-4-2-1-3-5-12/h1-11H/b7-6+. The van der Waals surface area contributed by atoms with Crippen molar-refractivity contribution in [1.29, 1.82) is 0 Å². The third kappa shape index (κ3) is 2.64. The molecule has 0 atom stereocenters. The highest BCUT2D eigenvalue weighted by Gasteiger charge is 1.99. The summed E-state index contributed by atoms with van der Waals surface area (Å²) in [7, 11) is 0. The number of hydrogen-bond donors (Lipinski definition) is 0. The Kier molecular flexibility index (Phi) is 3.24. The average Bonchev–Trinajstić information content (AvgIpc) is 2.38. The summed E-state index contributed by atoms with van der Waals surface area (Å²) in [6.07, 6.45) is 6.61. The lowest BCUT2D eigenvalue weighted by Gasteiger charge is -1.94. The minimum atomic E-state index is -0.00810. The van der Waals surface area contributed by atoms with Crippen LogP contribution in [0.25, 0.3) is 6.08 Å². The van der Waals surface area contributed by atoms with E-state index in [1.165, 1.54) is 0 Å². The summed E-state index contributed by atoms with van der Waals surface area (Å²) in [6, 6.07) is 13.1. The van der Waals surface area contributed by atoms with Gasteiger partial charge in [-0.2, -0.15) is 0 Å². The zero-order valence-electron chi connectivity index (χ0n) is 8.71. The van der Waals surface area contributed by atoms with Crippen LogP contribution in [0.2, 0.25) is 0 Å². The Balaban J connectivity index is 2.12. The van der Waals surface area contributed by atoms with Gasteiger partial charge in [-0.3, -0.25) is 9.78 Å². The van der Waals surface area contributed by atoms with E-state index in [0.717, 1.165) is 5.56 Å². The quantitative estimate of drug-likeness (QED) is 0.574. The van der Waals surface area contributed by atoms with Gasteiger partial charge in [0, 0.05) is 18.0 Å². The second-order valence-electron chi connectivity index (χ2n) is 3.34. The van der Waals surface area contributed by atoms with Gasteiger partial charge in [0.25, 0.3) is 0 Å². The fourth-order valence-corrected chi connectivity index (χ4v) is 1.35. The van der Waals surface area contributed by atoms with Crippen molar-refractivity contribution < 1.29 is 4.79 Å². The van der Waals surface area contributed by atoms with Crippen LogP contribution in [-0.4, -0.2) is 10.8 Å². The van der Waals surface area contributed by atoms with Crippen molar-refractivity contribution in [2.24, 2.45) is 0 Å². The normalized spacial score (nSPS) is 10.5. The average molecular weight is 209 g/mol. The zero-order valence-corrected chi connectivity index (χ0v) is 8.71. The Bertz CT molecular complexity index is 489. The van der Waals surface area contributed by atoms with Crippen LogP contribution in [-0.2, 0) is 0 Å². The predicted octanol–water partition coefficient (Wildman–Crippen LogP) is 2.98. The van der Waals surface area contributed by atoms with Gasteiger partial charge in [-0.05, 0) is 23.8 Å². The van der Waals surface area contributed by atoms with Crippen LogP contribution in [0.4, 0.5) is 0 Å². The molecule has 1 heterocycles. The van der Waals surface area contributed by atoms with E-state index in [2.05, 4.69) is 4.98 Å². The third-order valence-corrected chi connectivity index (χ3v) is 2.19. The Morgan fingerprint density at radius 3 is 2.38 bits per heavy atom. The van der Waals surface area contributed by atoms with E-state index in [-0.39, 0.29) is 5.78 Å². The number of carbonyl (C=O) groups is 1. The maximum absolute atomic E-state index is 11.7. The highest BCUT2D eigenvalue weighted by atomic mass is 16.1. The third-order valence-electron chi connectivity index (χ3n) is 2.19. The minimum Gasteiger partial charge on any atom is -0.289 e. The van der Waals surface area contributed by atoms with Crippen LogP contribution < -0.4 is 0 Å². The molecule has 0 N–H and O–H groups in total. The molecule has 0 radical (unpaired) electrons. The molecule has 0 fully saturated rings. The summed E-state index contributed by atoms with van der Waals surface area (Å²) in [5.41, 5.74) is 1.67. The molecule has 0 aliphatic heterocycles. The molecule has 0 amide bonds. The number of rotatable bonds is 3. The fraction of sp³-hybridized carbons (Fsp3) is 0. The molecule has 0 spiro atoms. The van der Waals surface area contributed by atoms with Gasteiger partial charge in [0.2, 0.25) is 0 Å².